The van der Waals surface area contributed by atoms with Gasteiger partial charge in [0.25, 0.3) is 0 Å². The lowest BCUT2D eigenvalue weighted by Crippen LogP contribution is -2.41. The minimum atomic E-state index is 0.144. The Bertz CT molecular complexity index is 216. The van der Waals surface area contributed by atoms with Crippen LogP contribution in [-0.2, 0) is 9.53 Å². The zero-order chi connectivity index (χ0) is 12.5. The minimum Gasteiger partial charge on any atom is -0.378 e. The smallest absolute Gasteiger partial charge is 0.224 e. The molecule has 1 atom stereocenters. The molecule has 0 spiro atoms. The molecule has 0 bridgehead atoms. The summed E-state index contributed by atoms with van der Waals surface area (Å²) >= 11 is 0. The first-order chi connectivity index (χ1) is 8.20. The Kier molecular flexibility index (Phi) is 7.16. The number of piperidine rings is 1. The third-order valence-electron chi connectivity index (χ3n) is 2.90. The van der Waals surface area contributed by atoms with Crippen molar-refractivity contribution in [2.75, 3.05) is 53.5 Å². The van der Waals surface area contributed by atoms with Crippen LogP contribution in [0.1, 0.15) is 12.8 Å². The second-order valence-corrected chi connectivity index (χ2v) is 4.75. The average Bonchev–Trinajstić information content (AvgIpc) is 2.34. The maximum atomic E-state index is 11.7. The highest BCUT2D eigenvalue weighted by Gasteiger charge is 2.19. The van der Waals surface area contributed by atoms with Gasteiger partial charge in [-0.15, -0.1) is 0 Å². The van der Waals surface area contributed by atoms with Crippen LogP contribution >= 0.6 is 0 Å². The van der Waals surface area contributed by atoms with Crippen molar-refractivity contribution < 1.29 is 9.53 Å². The fourth-order valence-electron chi connectivity index (χ4n) is 1.82. The monoisotopic (exact) mass is 243 g/mol. The SMILES string of the molecule is CN(C)CCOCCNC(=O)[C@H]1CCCNC1. The lowest BCUT2D eigenvalue weighted by atomic mass is 9.99. The van der Waals surface area contributed by atoms with Crippen molar-refractivity contribution in [3.05, 3.63) is 0 Å². The van der Waals surface area contributed by atoms with Gasteiger partial charge in [0.1, 0.15) is 0 Å². The van der Waals surface area contributed by atoms with Crippen molar-refractivity contribution in [3.63, 3.8) is 0 Å². The number of hydrogen-bond donors (Lipinski definition) is 2. The summed E-state index contributed by atoms with van der Waals surface area (Å²) in [5.41, 5.74) is 0. The van der Waals surface area contributed by atoms with Gasteiger partial charge in [-0.1, -0.05) is 0 Å². The molecule has 5 heteroatoms. The molecule has 0 saturated carbocycles. The fourth-order valence-corrected chi connectivity index (χ4v) is 1.82. The van der Waals surface area contributed by atoms with Crippen LogP contribution < -0.4 is 10.6 Å². The summed E-state index contributed by atoms with van der Waals surface area (Å²) in [4.78, 5) is 13.8. The van der Waals surface area contributed by atoms with Crippen LogP contribution in [0.15, 0.2) is 0 Å². The Morgan fingerprint density at radius 2 is 2.29 bits per heavy atom. The molecule has 0 unspecified atom stereocenters. The van der Waals surface area contributed by atoms with E-state index in [9.17, 15) is 4.79 Å². The summed E-state index contributed by atoms with van der Waals surface area (Å²) in [5, 5.41) is 6.16. The van der Waals surface area contributed by atoms with E-state index in [-0.39, 0.29) is 11.8 Å². The second kappa shape index (κ2) is 8.44. The Hall–Kier alpha value is -0.650. The normalized spacial score (nSPS) is 20.5. The first-order valence-electron chi connectivity index (χ1n) is 6.41. The van der Waals surface area contributed by atoms with Crippen LogP contribution in [0.2, 0.25) is 0 Å². The number of carbonyl (C=O) groups is 1. The van der Waals surface area contributed by atoms with E-state index in [1.807, 2.05) is 14.1 Å². The van der Waals surface area contributed by atoms with Gasteiger partial charge in [0.2, 0.25) is 5.91 Å². The molecule has 1 heterocycles. The lowest BCUT2D eigenvalue weighted by Gasteiger charge is -2.21. The summed E-state index contributed by atoms with van der Waals surface area (Å²) in [6, 6.07) is 0. The van der Waals surface area contributed by atoms with E-state index in [2.05, 4.69) is 15.5 Å². The molecule has 1 fully saturated rings. The summed E-state index contributed by atoms with van der Waals surface area (Å²) in [6.07, 6.45) is 2.09. The van der Waals surface area contributed by atoms with E-state index < -0.39 is 0 Å². The van der Waals surface area contributed by atoms with E-state index in [1.54, 1.807) is 0 Å². The zero-order valence-corrected chi connectivity index (χ0v) is 11.0. The fraction of sp³-hybridized carbons (Fsp3) is 0.917. The Morgan fingerprint density at radius 3 is 2.94 bits per heavy atom. The lowest BCUT2D eigenvalue weighted by molar-refractivity contribution is -0.125. The number of likely N-dealkylation sites (N-methyl/N-ethyl adjacent to an activating group) is 1. The average molecular weight is 243 g/mol. The van der Waals surface area contributed by atoms with Crippen molar-refractivity contribution >= 4 is 5.91 Å². The van der Waals surface area contributed by atoms with Crippen molar-refractivity contribution in [3.8, 4) is 0 Å². The molecule has 0 aromatic heterocycles. The van der Waals surface area contributed by atoms with E-state index in [1.165, 1.54) is 0 Å². The number of ether oxygens (including phenoxy) is 1. The standard InChI is InChI=1S/C12H25N3O2/c1-15(2)7-9-17-8-6-14-12(16)11-4-3-5-13-10-11/h11,13H,3-10H2,1-2H3,(H,14,16)/t11-/m0/s1. The van der Waals surface area contributed by atoms with Gasteiger partial charge in [0, 0.05) is 19.6 Å². The second-order valence-electron chi connectivity index (χ2n) is 4.75. The Labute approximate surface area is 104 Å². The van der Waals surface area contributed by atoms with E-state index in [4.69, 9.17) is 4.74 Å². The van der Waals surface area contributed by atoms with Crippen LogP contribution in [0, 0.1) is 5.92 Å². The van der Waals surface area contributed by atoms with Crippen LogP contribution in [-0.4, -0.2) is 64.3 Å². The molecule has 0 aromatic rings. The van der Waals surface area contributed by atoms with Gasteiger partial charge in [0.15, 0.2) is 0 Å². The number of rotatable bonds is 7. The summed E-state index contributed by atoms with van der Waals surface area (Å²) in [6.45, 7) is 4.70. The van der Waals surface area contributed by atoms with Gasteiger partial charge >= 0.3 is 0 Å². The van der Waals surface area contributed by atoms with Crippen LogP contribution in [0.5, 0.6) is 0 Å². The molecule has 0 aromatic carbocycles. The van der Waals surface area contributed by atoms with Gasteiger partial charge in [-0.3, -0.25) is 4.79 Å². The van der Waals surface area contributed by atoms with Gasteiger partial charge in [-0.2, -0.15) is 0 Å². The Balaban J connectivity index is 1.96. The highest BCUT2D eigenvalue weighted by Crippen LogP contribution is 2.09. The summed E-state index contributed by atoms with van der Waals surface area (Å²) in [7, 11) is 4.03. The molecule has 17 heavy (non-hydrogen) atoms. The number of nitrogens with one attached hydrogen (secondary N) is 2. The maximum absolute atomic E-state index is 11.7. The van der Waals surface area contributed by atoms with E-state index >= 15 is 0 Å². The first kappa shape index (κ1) is 14.4. The van der Waals surface area contributed by atoms with Crippen molar-refractivity contribution in [2.24, 2.45) is 5.92 Å². The molecule has 1 aliphatic heterocycles. The predicted octanol–water partition coefficient (Wildman–Crippen LogP) is -0.320. The molecule has 2 N–H and O–H groups in total. The van der Waals surface area contributed by atoms with Crippen LogP contribution in [0.3, 0.4) is 0 Å². The van der Waals surface area contributed by atoms with Crippen LogP contribution in [0.25, 0.3) is 0 Å². The number of amides is 1. The van der Waals surface area contributed by atoms with E-state index in [0.29, 0.717) is 19.8 Å². The topological polar surface area (TPSA) is 53.6 Å². The van der Waals surface area contributed by atoms with E-state index in [0.717, 1.165) is 32.5 Å². The zero-order valence-electron chi connectivity index (χ0n) is 11.0. The highest BCUT2D eigenvalue weighted by atomic mass is 16.5. The molecule has 5 nitrogen and oxygen atoms in total. The molecule has 0 radical (unpaired) electrons. The number of nitrogens with zero attached hydrogens (tertiary/aromatic N) is 1. The van der Waals surface area contributed by atoms with Gasteiger partial charge in [-0.05, 0) is 33.5 Å². The number of hydrogen-bond acceptors (Lipinski definition) is 4. The first-order valence-corrected chi connectivity index (χ1v) is 6.41. The van der Waals surface area contributed by atoms with Crippen molar-refractivity contribution in [1.29, 1.82) is 0 Å². The molecule has 1 aliphatic rings. The summed E-state index contributed by atoms with van der Waals surface area (Å²) < 4.78 is 5.41. The quantitative estimate of drug-likeness (QED) is 0.602. The largest absolute Gasteiger partial charge is 0.378 e. The van der Waals surface area contributed by atoms with Crippen LogP contribution in [0.4, 0.5) is 0 Å². The number of carbonyl (C=O) groups excluding carboxylic acids is 1. The third-order valence-corrected chi connectivity index (χ3v) is 2.90. The van der Waals surface area contributed by atoms with Crippen molar-refractivity contribution in [2.45, 2.75) is 12.8 Å². The Morgan fingerprint density at radius 1 is 1.47 bits per heavy atom. The molecule has 100 valence electrons. The molecular formula is C12H25N3O2. The minimum absolute atomic E-state index is 0.144. The summed E-state index contributed by atoms with van der Waals surface area (Å²) in [5.74, 6) is 0.305. The molecular weight excluding hydrogens is 218 g/mol. The molecule has 0 aliphatic carbocycles. The highest BCUT2D eigenvalue weighted by molar-refractivity contribution is 5.78. The van der Waals surface area contributed by atoms with Crippen molar-refractivity contribution in [1.82, 2.24) is 15.5 Å². The maximum Gasteiger partial charge on any atom is 0.224 e. The van der Waals surface area contributed by atoms with Gasteiger partial charge < -0.3 is 20.3 Å². The molecule has 1 amide bonds. The van der Waals surface area contributed by atoms with Gasteiger partial charge in [0.05, 0.1) is 19.1 Å². The molecule has 1 saturated heterocycles. The molecule has 1 rings (SSSR count). The third kappa shape index (κ3) is 6.61. The predicted molar refractivity (Wildman–Crippen MR) is 68.0 cm³/mol. The van der Waals surface area contributed by atoms with Gasteiger partial charge in [-0.25, -0.2) is 0 Å².